The Morgan fingerprint density at radius 2 is 1.96 bits per heavy atom. The molecule has 2 aromatic rings. The molecule has 1 aliphatic rings. The summed E-state index contributed by atoms with van der Waals surface area (Å²) in [6.07, 6.45) is 9.24. The number of unbranched alkanes of at least 4 members (excludes halogenated alkanes) is 3. The minimum Gasteiger partial charge on any atom is -0.295 e. The standard InChI is InChI=1S/C21H21N3O3/c1-3-4-5-6-7-8-9-15-10-11-16-18(14-15)23(2)21(27)24(16)17-12-13-19(25)22-20(17)26/h1,10-11,14,17H,4-7,12-13H2,2H3,(H,22,25,26). The van der Waals surface area contributed by atoms with Crippen LogP contribution in [0.15, 0.2) is 23.0 Å². The molecule has 6 heteroatoms. The number of imide groups is 1. The summed E-state index contributed by atoms with van der Waals surface area (Å²) in [7, 11) is 1.67. The Hall–Kier alpha value is -3.25. The van der Waals surface area contributed by atoms with Crippen molar-refractivity contribution in [1.82, 2.24) is 14.5 Å². The van der Waals surface area contributed by atoms with Crippen molar-refractivity contribution >= 4 is 22.8 Å². The Bertz CT molecular complexity index is 1060. The summed E-state index contributed by atoms with van der Waals surface area (Å²) >= 11 is 0. The van der Waals surface area contributed by atoms with Gasteiger partial charge in [0.1, 0.15) is 6.04 Å². The maximum absolute atomic E-state index is 12.7. The van der Waals surface area contributed by atoms with Gasteiger partial charge in [0.15, 0.2) is 0 Å². The molecule has 138 valence electrons. The SMILES string of the molecule is C#CCCCCC#Cc1ccc2c(c1)n(C)c(=O)n2C1CCC(=O)NC1=O. The van der Waals surface area contributed by atoms with Gasteiger partial charge in [-0.2, -0.15) is 0 Å². The third kappa shape index (κ3) is 3.80. The van der Waals surface area contributed by atoms with Crippen molar-refractivity contribution in [2.75, 3.05) is 0 Å². The Morgan fingerprint density at radius 1 is 1.19 bits per heavy atom. The molecule has 1 N–H and O–H groups in total. The molecule has 1 aromatic heterocycles. The molecule has 6 nitrogen and oxygen atoms in total. The molecule has 1 aliphatic heterocycles. The highest BCUT2D eigenvalue weighted by atomic mass is 16.2. The van der Waals surface area contributed by atoms with Crippen LogP contribution in [0.25, 0.3) is 11.0 Å². The van der Waals surface area contributed by atoms with Crippen molar-refractivity contribution in [3.8, 4) is 24.2 Å². The van der Waals surface area contributed by atoms with Gasteiger partial charge in [0.05, 0.1) is 11.0 Å². The lowest BCUT2D eigenvalue weighted by atomic mass is 10.1. The van der Waals surface area contributed by atoms with E-state index >= 15 is 0 Å². The van der Waals surface area contributed by atoms with Crippen LogP contribution in [-0.2, 0) is 16.6 Å². The first kappa shape index (κ1) is 18.5. The maximum atomic E-state index is 12.7. The van der Waals surface area contributed by atoms with Crippen LogP contribution in [0.4, 0.5) is 0 Å². The Labute approximate surface area is 157 Å². The number of carbonyl (C=O) groups excluding carboxylic acids is 2. The summed E-state index contributed by atoms with van der Waals surface area (Å²) in [5.41, 5.74) is 1.91. The number of nitrogens with one attached hydrogen (secondary N) is 1. The van der Waals surface area contributed by atoms with Crippen molar-refractivity contribution in [3.05, 3.63) is 34.2 Å². The molecule has 0 saturated carbocycles. The van der Waals surface area contributed by atoms with Crippen LogP contribution in [0.2, 0.25) is 0 Å². The van der Waals surface area contributed by atoms with Gasteiger partial charge in [-0.3, -0.25) is 24.0 Å². The number of nitrogens with zero attached hydrogens (tertiary/aromatic N) is 2. The first-order chi connectivity index (χ1) is 13.0. The predicted molar refractivity (Wildman–Crippen MR) is 103 cm³/mol. The third-order valence-electron chi connectivity index (χ3n) is 4.72. The molecular formula is C21H21N3O3. The fourth-order valence-electron chi connectivity index (χ4n) is 3.28. The van der Waals surface area contributed by atoms with Crippen LogP contribution in [-0.4, -0.2) is 20.9 Å². The smallest absolute Gasteiger partial charge is 0.295 e. The third-order valence-corrected chi connectivity index (χ3v) is 4.72. The van der Waals surface area contributed by atoms with Gasteiger partial charge in [-0.25, -0.2) is 4.79 Å². The van der Waals surface area contributed by atoms with Crippen LogP contribution in [0.1, 0.15) is 50.1 Å². The van der Waals surface area contributed by atoms with Crippen molar-refractivity contribution < 1.29 is 9.59 Å². The molecule has 1 unspecified atom stereocenters. The number of hydrogen-bond donors (Lipinski definition) is 1. The molecule has 0 bridgehead atoms. The molecule has 2 heterocycles. The van der Waals surface area contributed by atoms with E-state index < -0.39 is 11.9 Å². The summed E-state index contributed by atoms with van der Waals surface area (Å²) in [5.74, 6) is 8.12. The number of terminal acetylenes is 1. The topological polar surface area (TPSA) is 73.1 Å². The van der Waals surface area contributed by atoms with Gasteiger partial charge in [0, 0.05) is 31.9 Å². The zero-order valence-corrected chi connectivity index (χ0v) is 15.2. The van der Waals surface area contributed by atoms with Crippen LogP contribution in [0.3, 0.4) is 0 Å². The van der Waals surface area contributed by atoms with E-state index in [-0.39, 0.29) is 18.0 Å². The monoisotopic (exact) mass is 363 g/mol. The van der Waals surface area contributed by atoms with Crippen molar-refractivity contribution in [2.45, 2.75) is 44.6 Å². The average Bonchev–Trinajstić information content (AvgIpc) is 2.89. The van der Waals surface area contributed by atoms with E-state index in [4.69, 9.17) is 6.42 Å². The zero-order chi connectivity index (χ0) is 19.4. The van der Waals surface area contributed by atoms with Gasteiger partial charge >= 0.3 is 5.69 Å². The Morgan fingerprint density at radius 3 is 2.70 bits per heavy atom. The molecule has 1 fully saturated rings. The lowest BCUT2D eigenvalue weighted by molar-refractivity contribution is -0.135. The molecule has 27 heavy (non-hydrogen) atoms. The first-order valence-corrected chi connectivity index (χ1v) is 9.00. The lowest BCUT2D eigenvalue weighted by Gasteiger charge is -2.21. The number of fused-ring (bicyclic) bond motifs is 1. The van der Waals surface area contributed by atoms with E-state index in [1.165, 1.54) is 9.13 Å². The number of piperidine rings is 1. The molecule has 2 amide bonds. The van der Waals surface area contributed by atoms with Gasteiger partial charge in [-0.1, -0.05) is 11.8 Å². The molecule has 1 aromatic carbocycles. The van der Waals surface area contributed by atoms with E-state index in [1.807, 2.05) is 18.2 Å². The van der Waals surface area contributed by atoms with Crippen LogP contribution in [0.5, 0.6) is 0 Å². The molecule has 3 rings (SSSR count). The van der Waals surface area contributed by atoms with Gasteiger partial charge in [-0.15, -0.1) is 12.3 Å². The normalized spacial score (nSPS) is 16.5. The highest BCUT2D eigenvalue weighted by Gasteiger charge is 2.31. The number of benzene rings is 1. The molecular weight excluding hydrogens is 342 g/mol. The largest absolute Gasteiger partial charge is 0.329 e. The van der Waals surface area contributed by atoms with Gasteiger partial charge < -0.3 is 0 Å². The minimum atomic E-state index is -0.674. The number of aryl methyl sites for hydroxylation is 1. The van der Waals surface area contributed by atoms with E-state index in [1.54, 1.807) is 7.05 Å². The quantitative estimate of drug-likeness (QED) is 0.512. The second-order valence-electron chi connectivity index (χ2n) is 6.59. The van der Waals surface area contributed by atoms with Crippen LogP contribution >= 0.6 is 0 Å². The van der Waals surface area contributed by atoms with Gasteiger partial charge in [0.25, 0.3) is 0 Å². The maximum Gasteiger partial charge on any atom is 0.329 e. The van der Waals surface area contributed by atoms with Crippen LogP contribution < -0.4 is 11.0 Å². The summed E-state index contributed by atoms with van der Waals surface area (Å²) in [6, 6.07) is 4.83. The predicted octanol–water partition coefficient (Wildman–Crippen LogP) is 1.86. The van der Waals surface area contributed by atoms with E-state index in [9.17, 15) is 14.4 Å². The minimum absolute atomic E-state index is 0.225. The highest BCUT2D eigenvalue weighted by molar-refractivity contribution is 6.00. The fraction of sp³-hybridized carbons (Fsp3) is 0.381. The highest BCUT2D eigenvalue weighted by Crippen LogP contribution is 2.23. The van der Waals surface area contributed by atoms with Crippen molar-refractivity contribution in [3.63, 3.8) is 0 Å². The molecule has 0 spiro atoms. The van der Waals surface area contributed by atoms with Crippen molar-refractivity contribution in [1.29, 1.82) is 0 Å². The van der Waals surface area contributed by atoms with Gasteiger partial charge in [0.2, 0.25) is 11.8 Å². The molecule has 0 radical (unpaired) electrons. The Balaban J connectivity index is 1.89. The lowest BCUT2D eigenvalue weighted by Crippen LogP contribution is -2.44. The number of imidazole rings is 1. The number of rotatable bonds is 4. The van der Waals surface area contributed by atoms with Crippen LogP contribution in [0, 0.1) is 24.2 Å². The average molecular weight is 363 g/mol. The summed E-state index contributed by atoms with van der Waals surface area (Å²) in [6.45, 7) is 0. The number of carbonyl (C=O) groups is 2. The van der Waals surface area contributed by atoms with Crippen molar-refractivity contribution in [2.24, 2.45) is 7.05 Å². The Kier molecular flexibility index (Phi) is 5.47. The van der Waals surface area contributed by atoms with E-state index in [2.05, 4.69) is 23.1 Å². The molecule has 0 aliphatic carbocycles. The fourth-order valence-corrected chi connectivity index (χ4v) is 3.28. The van der Waals surface area contributed by atoms with Gasteiger partial charge in [-0.05, 0) is 37.5 Å². The molecule has 1 atom stereocenters. The summed E-state index contributed by atoms with van der Waals surface area (Å²) in [5, 5.41) is 2.31. The second kappa shape index (κ2) is 7.97. The van der Waals surface area contributed by atoms with E-state index in [0.29, 0.717) is 17.5 Å². The number of amides is 2. The zero-order valence-electron chi connectivity index (χ0n) is 15.2. The number of aromatic nitrogens is 2. The first-order valence-electron chi connectivity index (χ1n) is 9.00. The second-order valence-corrected chi connectivity index (χ2v) is 6.59. The van der Waals surface area contributed by atoms with E-state index in [0.717, 1.165) is 31.2 Å². The summed E-state index contributed by atoms with van der Waals surface area (Å²) in [4.78, 5) is 36.3. The number of hydrogen-bond acceptors (Lipinski definition) is 3. The summed E-state index contributed by atoms with van der Waals surface area (Å²) < 4.78 is 2.98. The molecule has 1 saturated heterocycles.